The first-order chi connectivity index (χ1) is 12.7. The van der Waals surface area contributed by atoms with Gasteiger partial charge in [0.15, 0.2) is 12.4 Å². The van der Waals surface area contributed by atoms with Gasteiger partial charge < -0.3 is 5.32 Å². The Morgan fingerprint density at radius 3 is 2.15 bits per heavy atom. The molecule has 0 saturated carbocycles. The van der Waals surface area contributed by atoms with E-state index < -0.39 is 0 Å². The average molecular weight is 342 g/mol. The minimum atomic E-state index is -0.196. The molecule has 0 aliphatic rings. The van der Waals surface area contributed by atoms with Crippen molar-refractivity contribution in [2.24, 2.45) is 0 Å². The molecule has 0 aliphatic heterocycles. The first-order valence-corrected chi connectivity index (χ1v) is 8.04. The quantitative estimate of drug-likeness (QED) is 0.572. The van der Waals surface area contributed by atoms with Gasteiger partial charge in [0.25, 0.3) is 5.91 Å². The number of aromatic nitrogens is 1. The van der Waals surface area contributed by atoms with Gasteiger partial charge in [0.2, 0.25) is 12.3 Å². The van der Waals surface area contributed by atoms with Crippen molar-refractivity contribution in [1.82, 2.24) is 0 Å². The summed E-state index contributed by atoms with van der Waals surface area (Å²) < 4.78 is 1.72. The van der Waals surface area contributed by atoms with Gasteiger partial charge in [-0.3, -0.25) is 9.59 Å². The van der Waals surface area contributed by atoms with Crippen LogP contribution in [0.2, 0.25) is 0 Å². The number of carbonyl (C=O) groups excluding carboxylic acids is 2. The van der Waals surface area contributed by atoms with Crippen molar-refractivity contribution in [3.05, 3.63) is 95.8 Å². The molecular weight excluding hydrogens is 326 g/mol. The molecule has 0 atom stereocenters. The second kappa shape index (κ2) is 7.86. The van der Waals surface area contributed by atoms with Crippen molar-refractivity contribution >= 4 is 17.4 Å². The maximum atomic E-state index is 12.4. The van der Waals surface area contributed by atoms with E-state index in [1.807, 2.05) is 12.1 Å². The third-order valence-electron chi connectivity index (χ3n) is 3.85. The zero-order chi connectivity index (χ0) is 18.4. The standard InChI is InChI=1S/C21H15N3O2/c22-14-16-10-12-24(13-11-16)15-20(25)17-6-8-19(9-7-17)23-21(26)18-4-2-1-3-5-18/h1-13H,15H2/p+1. The molecule has 1 heterocycles. The number of amides is 1. The van der Waals surface area contributed by atoms with Crippen molar-refractivity contribution in [3.63, 3.8) is 0 Å². The molecule has 0 spiro atoms. The number of ketones is 1. The van der Waals surface area contributed by atoms with Crippen LogP contribution in [0.15, 0.2) is 79.1 Å². The lowest BCUT2D eigenvalue weighted by molar-refractivity contribution is -0.683. The first-order valence-electron chi connectivity index (χ1n) is 8.04. The molecule has 0 radical (unpaired) electrons. The smallest absolute Gasteiger partial charge is 0.255 e. The lowest BCUT2D eigenvalue weighted by atomic mass is 10.1. The number of nitrogens with one attached hydrogen (secondary N) is 1. The fourth-order valence-corrected chi connectivity index (χ4v) is 2.43. The van der Waals surface area contributed by atoms with E-state index in [9.17, 15) is 9.59 Å². The highest BCUT2D eigenvalue weighted by molar-refractivity contribution is 6.04. The molecule has 5 heteroatoms. The molecular formula is C21H16N3O2+. The summed E-state index contributed by atoms with van der Waals surface area (Å²) in [4.78, 5) is 24.5. The van der Waals surface area contributed by atoms with Gasteiger partial charge in [-0.1, -0.05) is 18.2 Å². The Morgan fingerprint density at radius 1 is 0.885 bits per heavy atom. The van der Waals surface area contributed by atoms with Gasteiger partial charge in [-0.05, 0) is 36.4 Å². The summed E-state index contributed by atoms with van der Waals surface area (Å²) in [5, 5.41) is 11.6. The average Bonchev–Trinajstić information content (AvgIpc) is 2.69. The Morgan fingerprint density at radius 2 is 1.54 bits per heavy atom. The van der Waals surface area contributed by atoms with Crippen molar-refractivity contribution in [3.8, 4) is 6.07 Å². The Kier molecular flexibility index (Phi) is 5.16. The predicted octanol–water partition coefficient (Wildman–Crippen LogP) is 2.98. The van der Waals surface area contributed by atoms with E-state index >= 15 is 0 Å². The number of hydrogen-bond donors (Lipinski definition) is 1. The number of rotatable bonds is 5. The summed E-state index contributed by atoms with van der Waals surface area (Å²) in [6.07, 6.45) is 3.40. The normalized spacial score (nSPS) is 9.96. The van der Waals surface area contributed by atoms with E-state index in [0.29, 0.717) is 22.4 Å². The van der Waals surface area contributed by atoms with Crippen molar-refractivity contribution < 1.29 is 14.2 Å². The summed E-state index contributed by atoms with van der Waals surface area (Å²) >= 11 is 0. The van der Waals surface area contributed by atoms with E-state index in [-0.39, 0.29) is 18.2 Å². The Hall–Kier alpha value is -3.78. The Balaban J connectivity index is 1.64. The summed E-state index contributed by atoms with van der Waals surface area (Å²) in [6, 6.07) is 21.1. The molecule has 1 aromatic heterocycles. The zero-order valence-corrected chi connectivity index (χ0v) is 13.9. The number of anilines is 1. The van der Waals surface area contributed by atoms with Crippen molar-refractivity contribution in [2.45, 2.75) is 6.54 Å². The fourth-order valence-electron chi connectivity index (χ4n) is 2.43. The molecule has 0 aliphatic carbocycles. The molecule has 3 aromatic rings. The number of benzene rings is 2. The van der Waals surface area contributed by atoms with E-state index in [0.717, 1.165) is 0 Å². The van der Waals surface area contributed by atoms with Crippen LogP contribution < -0.4 is 9.88 Å². The first kappa shape index (κ1) is 17.1. The van der Waals surface area contributed by atoms with Crippen LogP contribution in [-0.2, 0) is 6.54 Å². The minimum Gasteiger partial charge on any atom is -0.322 e. The highest BCUT2D eigenvalue weighted by Crippen LogP contribution is 2.12. The largest absolute Gasteiger partial charge is 0.322 e. The molecule has 26 heavy (non-hydrogen) atoms. The molecule has 0 saturated heterocycles. The zero-order valence-electron chi connectivity index (χ0n) is 13.9. The maximum Gasteiger partial charge on any atom is 0.255 e. The van der Waals surface area contributed by atoms with Crippen LogP contribution in [-0.4, -0.2) is 11.7 Å². The molecule has 0 unspecified atom stereocenters. The van der Waals surface area contributed by atoms with Crippen LogP contribution in [0.4, 0.5) is 5.69 Å². The number of carbonyl (C=O) groups is 2. The fraction of sp³-hybridized carbons (Fsp3) is 0.0476. The summed E-state index contributed by atoms with van der Waals surface area (Å²) in [5.41, 5.74) is 2.30. The highest BCUT2D eigenvalue weighted by atomic mass is 16.1. The van der Waals surface area contributed by atoms with Gasteiger partial charge in [0, 0.05) is 28.9 Å². The summed E-state index contributed by atoms with van der Waals surface area (Å²) in [6.45, 7) is 0.182. The van der Waals surface area contributed by atoms with Crippen LogP contribution in [0.5, 0.6) is 0 Å². The molecule has 0 fully saturated rings. The monoisotopic (exact) mass is 342 g/mol. The number of nitriles is 1. The summed E-state index contributed by atoms with van der Waals surface area (Å²) in [5.74, 6) is -0.251. The minimum absolute atomic E-state index is 0.0550. The van der Waals surface area contributed by atoms with E-state index in [4.69, 9.17) is 5.26 Å². The van der Waals surface area contributed by atoms with E-state index in [2.05, 4.69) is 5.32 Å². The van der Waals surface area contributed by atoms with Crippen molar-refractivity contribution in [1.29, 1.82) is 5.26 Å². The number of Topliss-reactive ketones (excluding diaryl/α,β-unsaturated/α-hetero) is 1. The Bertz CT molecular complexity index is 957. The lowest BCUT2D eigenvalue weighted by Gasteiger charge is -2.06. The van der Waals surface area contributed by atoms with Crippen LogP contribution >= 0.6 is 0 Å². The number of nitrogens with zero attached hydrogens (tertiary/aromatic N) is 2. The third-order valence-corrected chi connectivity index (χ3v) is 3.85. The highest BCUT2D eigenvalue weighted by Gasteiger charge is 2.12. The topological polar surface area (TPSA) is 73.8 Å². The maximum absolute atomic E-state index is 12.4. The van der Waals surface area contributed by atoms with E-state index in [1.165, 1.54) is 0 Å². The number of hydrogen-bond acceptors (Lipinski definition) is 3. The van der Waals surface area contributed by atoms with Gasteiger partial charge in [-0.15, -0.1) is 0 Å². The number of pyridine rings is 1. The molecule has 1 amide bonds. The van der Waals surface area contributed by atoms with Gasteiger partial charge in [-0.25, -0.2) is 0 Å². The second-order valence-electron chi connectivity index (χ2n) is 5.69. The predicted molar refractivity (Wildman–Crippen MR) is 96.5 cm³/mol. The third kappa shape index (κ3) is 4.19. The second-order valence-corrected chi connectivity index (χ2v) is 5.69. The van der Waals surface area contributed by atoms with Crippen LogP contribution in [0.25, 0.3) is 0 Å². The van der Waals surface area contributed by atoms with Crippen molar-refractivity contribution in [2.75, 3.05) is 5.32 Å². The van der Waals surface area contributed by atoms with Gasteiger partial charge in [0.05, 0.1) is 11.6 Å². The lowest BCUT2D eigenvalue weighted by Crippen LogP contribution is -2.37. The molecule has 0 bridgehead atoms. The molecule has 126 valence electrons. The molecule has 2 aromatic carbocycles. The summed E-state index contributed by atoms with van der Waals surface area (Å²) in [7, 11) is 0. The van der Waals surface area contributed by atoms with Gasteiger partial charge in [-0.2, -0.15) is 9.83 Å². The Labute approximate surface area is 151 Å². The SMILES string of the molecule is N#Cc1cc[n+](CC(=O)c2ccc(NC(=O)c3ccccc3)cc2)cc1. The van der Waals surface area contributed by atoms with Crippen LogP contribution in [0, 0.1) is 11.3 Å². The van der Waals surface area contributed by atoms with Gasteiger partial charge >= 0.3 is 0 Å². The van der Waals surface area contributed by atoms with Crippen LogP contribution in [0.3, 0.4) is 0 Å². The van der Waals surface area contributed by atoms with Gasteiger partial charge in [0.1, 0.15) is 0 Å². The van der Waals surface area contributed by atoms with Crippen LogP contribution in [0.1, 0.15) is 26.3 Å². The molecule has 1 N–H and O–H groups in total. The molecule has 5 nitrogen and oxygen atoms in total. The van der Waals surface area contributed by atoms with E-state index in [1.54, 1.807) is 77.6 Å². The molecule has 3 rings (SSSR count).